The molecule has 2 heteroatoms. The number of hydrogen-bond donors (Lipinski definition) is 0. The van der Waals surface area contributed by atoms with Gasteiger partial charge in [0, 0.05) is 33.5 Å². The summed E-state index contributed by atoms with van der Waals surface area (Å²) in [5.41, 5.74) is 21.1. The maximum Gasteiger partial charge on any atom is 0.0541 e. The minimum Gasteiger partial charge on any atom is -0.310 e. The van der Waals surface area contributed by atoms with Crippen LogP contribution in [0.2, 0.25) is 0 Å². The highest BCUT2D eigenvalue weighted by atomic mass is 15.1. The fourth-order valence-electron chi connectivity index (χ4n) is 10.7. The van der Waals surface area contributed by atoms with Crippen molar-refractivity contribution in [1.29, 1.82) is 0 Å². The first-order valence-electron chi connectivity index (χ1n) is 24.7. The van der Waals surface area contributed by atoms with Crippen LogP contribution >= 0.6 is 0 Å². The molecule has 0 saturated heterocycles. The van der Waals surface area contributed by atoms with Gasteiger partial charge in [0.2, 0.25) is 0 Å². The molecule has 0 fully saturated rings. The van der Waals surface area contributed by atoms with Gasteiger partial charge in [-0.3, -0.25) is 0 Å². The fraction of sp³-hybridized carbons (Fsp3) is 0. The minimum absolute atomic E-state index is 1.08. The first-order chi connectivity index (χ1) is 35.7. The van der Waals surface area contributed by atoms with E-state index in [-0.39, 0.29) is 0 Å². The van der Waals surface area contributed by atoms with Crippen molar-refractivity contribution in [2.75, 3.05) is 4.90 Å². The van der Waals surface area contributed by atoms with Gasteiger partial charge in [-0.05, 0) is 144 Å². The zero-order chi connectivity index (χ0) is 47.8. The number of benzene rings is 12. The summed E-state index contributed by atoms with van der Waals surface area (Å²) < 4.78 is 2.37. The summed E-state index contributed by atoms with van der Waals surface area (Å²) in [6.07, 6.45) is 0. The Labute approximate surface area is 420 Å². The molecule has 0 bridgehead atoms. The van der Waals surface area contributed by atoms with E-state index in [4.69, 9.17) is 0 Å². The SMILES string of the molecule is c1ccc(-c2ccccc2-c2ccccc2-c2ccccc2-c2ccc(N(c3ccc(-c4ccc(-n5c6ccccc6c6ccccc65)cc4)cc3)c3cccc(-c4ccc5ccccc5c4)c3)cc2)cc1. The molecular formula is C70H48N2. The maximum atomic E-state index is 2.38. The van der Waals surface area contributed by atoms with Crippen LogP contribution in [0.15, 0.2) is 291 Å². The third kappa shape index (κ3) is 7.82. The molecule has 338 valence electrons. The molecule has 0 N–H and O–H groups in total. The zero-order valence-corrected chi connectivity index (χ0v) is 39.6. The van der Waals surface area contributed by atoms with Gasteiger partial charge >= 0.3 is 0 Å². The van der Waals surface area contributed by atoms with E-state index in [0.717, 1.165) is 33.9 Å². The molecule has 0 spiro atoms. The molecule has 0 aliphatic heterocycles. The zero-order valence-electron chi connectivity index (χ0n) is 39.6. The van der Waals surface area contributed by atoms with Crippen molar-refractivity contribution >= 4 is 49.6 Å². The summed E-state index contributed by atoms with van der Waals surface area (Å²) in [7, 11) is 0. The van der Waals surface area contributed by atoms with Gasteiger partial charge in [0.05, 0.1) is 11.0 Å². The second kappa shape index (κ2) is 18.4. The molecule has 0 saturated carbocycles. The third-order valence-electron chi connectivity index (χ3n) is 14.2. The van der Waals surface area contributed by atoms with E-state index in [0.29, 0.717) is 0 Å². The molecule has 0 amide bonds. The highest BCUT2D eigenvalue weighted by molar-refractivity contribution is 6.09. The van der Waals surface area contributed by atoms with Crippen molar-refractivity contribution in [3.8, 4) is 72.4 Å². The molecule has 13 aromatic rings. The number of hydrogen-bond acceptors (Lipinski definition) is 1. The molecule has 0 radical (unpaired) electrons. The summed E-state index contributed by atoms with van der Waals surface area (Å²) in [5, 5.41) is 5.00. The van der Waals surface area contributed by atoms with E-state index in [1.165, 1.54) is 88.2 Å². The third-order valence-corrected chi connectivity index (χ3v) is 14.2. The van der Waals surface area contributed by atoms with Crippen LogP contribution in [0, 0.1) is 0 Å². The van der Waals surface area contributed by atoms with Crippen LogP contribution < -0.4 is 4.90 Å². The first kappa shape index (κ1) is 42.6. The van der Waals surface area contributed by atoms with Gasteiger partial charge in [0.25, 0.3) is 0 Å². The van der Waals surface area contributed by atoms with E-state index < -0.39 is 0 Å². The number of nitrogens with zero attached hydrogens (tertiary/aromatic N) is 2. The Morgan fingerprint density at radius 1 is 0.222 bits per heavy atom. The average molecular weight is 917 g/mol. The van der Waals surface area contributed by atoms with E-state index in [1.807, 2.05) is 0 Å². The van der Waals surface area contributed by atoms with E-state index >= 15 is 0 Å². The standard InChI is InChI=1S/C70H48N2/c1-2-18-52(19-3-1)61-23-6-8-25-63(61)65-27-10-11-28-66(65)64-26-9-7-24-62(64)53-39-45-58(46-40-53)71(60-22-16-21-55(48-60)56-34-33-49-17-4-5-20-54(49)47-56)57-41-35-50(36-42-57)51-37-43-59(44-38-51)72-69-31-14-12-29-67(69)68-30-13-15-32-70(68)72/h1-48H. The lowest BCUT2D eigenvalue weighted by Gasteiger charge is -2.26. The highest BCUT2D eigenvalue weighted by Crippen LogP contribution is 2.44. The Morgan fingerprint density at radius 3 is 1.21 bits per heavy atom. The summed E-state index contributed by atoms with van der Waals surface area (Å²) in [4.78, 5) is 2.38. The van der Waals surface area contributed by atoms with Crippen LogP contribution in [0.4, 0.5) is 17.1 Å². The summed E-state index contributed by atoms with van der Waals surface area (Å²) in [6, 6.07) is 106. The summed E-state index contributed by atoms with van der Waals surface area (Å²) in [6.45, 7) is 0. The monoisotopic (exact) mass is 916 g/mol. The molecule has 0 aliphatic carbocycles. The fourth-order valence-corrected chi connectivity index (χ4v) is 10.7. The predicted molar refractivity (Wildman–Crippen MR) is 306 cm³/mol. The van der Waals surface area contributed by atoms with Crippen molar-refractivity contribution in [3.63, 3.8) is 0 Å². The van der Waals surface area contributed by atoms with Gasteiger partial charge in [0.15, 0.2) is 0 Å². The van der Waals surface area contributed by atoms with Crippen molar-refractivity contribution in [1.82, 2.24) is 4.57 Å². The molecule has 13 rings (SSSR count). The Kier molecular flexibility index (Phi) is 10.9. The Morgan fingerprint density at radius 2 is 0.625 bits per heavy atom. The molecule has 0 unspecified atom stereocenters. The molecule has 12 aromatic carbocycles. The van der Waals surface area contributed by atoms with Crippen LogP contribution in [0.5, 0.6) is 0 Å². The average Bonchev–Trinajstić information content (AvgIpc) is 3.80. The Balaban J connectivity index is 0.870. The highest BCUT2D eigenvalue weighted by Gasteiger charge is 2.18. The van der Waals surface area contributed by atoms with Gasteiger partial charge in [0.1, 0.15) is 0 Å². The molecule has 1 heterocycles. The lowest BCUT2D eigenvalue weighted by atomic mass is 9.87. The predicted octanol–water partition coefficient (Wildman–Crippen LogP) is 19.4. The van der Waals surface area contributed by atoms with Crippen LogP contribution in [-0.2, 0) is 0 Å². The maximum absolute atomic E-state index is 2.38. The van der Waals surface area contributed by atoms with Crippen LogP contribution in [0.1, 0.15) is 0 Å². The number of rotatable bonds is 10. The normalized spacial score (nSPS) is 11.3. The number of fused-ring (bicyclic) bond motifs is 4. The van der Waals surface area contributed by atoms with Crippen LogP contribution in [0.3, 0.4) is 0 Å². The topological polar surface area (TPSA) is 8.17 Å². The van der Waals surface area contributed by atoms with Gasteiger partial charge in [-0.2, -0.15) is 0 Å². The molecule has 72 heavy (non-hydrogen) atoms. The number of anilines is 3. The first-order valence-corrected chi connectivity index (χ1v) is 24.7. The second-order valence-electron chi connectivity index (χ2n) is 18.5. The molecule has 2 nitrogen and oxygen atoms in total. The largest absolute Gasteiger partial charge is 0.310 e. The molecular weight excluding hydrogens is 869 g/mol. The van der Waals surface area contributed by atoms with Gasteiger partial charge in [-0.25, -0.2) is 0 Å². The van der Waals surface area contributed by atoms with E-state index in [9.17, 15) is 0 Å². The Bertz CT molecular complexity index is 4020. The van der Waals surface area contributed by atoms with Crippen molar-refractivity contribution in [3.05, 3.63) is 291 Å². The number of aromatic nitrogens is 1. The van der Waals surface area contributed by atoms with E-state index in [1.54, 1.807) is 0 Å². The molecule has 0 aliphatic rings. The lowest BCUT2D eigenvalue weighted by molar-refractivity contribution is 1.18. The smallest absolute Gasteiger partial charge is 0.0541 e. The molecule has 0 atom stereocenters. The summed E-state index contributed by atoms with van der Waals surface area (Å²) >= 11 is 0. The van der Waals surface area contributed by atoms with Crippen molar-refractivity contribution < 1.29 is 0 Å². The second-order valence-corrected chi connectivity index (χ2v) is 18.5. The lowest BCUT2D eigenvalue weighted by Crippen LogP contribution is -2.10. The molecule has 1 aromatic heterocycles. The van der Waals surface area contributed by atoms with Crippen molar-refractivity contribution in [2.45, 2.75) is 0 Å². The minimum atomic E-state index is 1.08. The van der Waals surface area contributed by atoms with Crippen LogP contribution in [0.25, 0.3) is 105 Å². The van der Waals surface area contributed by atoms with Gasteiger partial charge < -0.3 is 9.47 Å². The van der Waals surface area contributed by atoms with Crippen molar-refractivity contribution in [2.24, 2.45) is 0 Å². The van der Waals surface area contributed by atoms with Crippen LogP contribution in [-0.4, -0.2) is 4.57 Å². The quantitative estimate of drug-likeness (QED) is 0.133. The number of para-hydroxylation sites is 2. The van der Waals surface area contributed by atoms with Gasteiger partial charge in [-0.15, -0.1) is 0 Å². The van der Waals surface area contributed by atoms with E-state index in [2.05, 4.69) is 301 Å². The summed E-state index contributed by atoms with van der Waals surface area (Å²) in [5.74, 6) is 0. The Hall–Kier alpha value is -9.50. The van der Waals surface area contributed by atoms with Gasteiger partial charge in [-0.1, -0.05) is 224 Å².